The fraction of sp³-hybridized carbons (Fsp3) is 0.360. The average molecular weight is 704 g/mol. The Morgan fingerprint density at radius 3 is 2.63 bits per heavy atom. The summed E-state index contributed by atoms with van der Waals surface area (Å²) in [6.07, 6.45) is 1.38. The van der Waals surface area contributed by atoms with Crippen LogP contribution in [0.25, 0.3) is 11.2 Å². The standard InChI is InChI=1S/C24H27IN12O3.CH2O2/c1-35-10-15(28-11-35)6-7-26-24-30-20(27-9-13-4-3-5-14(25)8-13)16-22(31-24)37(12-29-16)23-18(39)17(38)19(40-23)21-32-34-36(2)33-21;2-1-3/h3-5,8,10-12,17-19,23,38-39H,6-7,9H2,1-2H3,(H2,26,27,30,31);1H,(H,2,3)/t17-,18+,19-,23+;/m0./s1. The molecule has 5 aromatic rings. The molecule has 0 amide bonds. The van der Waals surface area contributed by atoms with Crippen molar-refractivity contribution in [2.75, 3.05) is 17.2 Å². The number of nitrogens with one attached hydrogen (secondary N) is 2. The molecule has 0 saturated carbocycles. The summed E-state index contributed by atoms with van der Waals surface area (Å²) in [5.41, 5.74) is 2.94. The Kier molecular flexibility index (Phi) is 9.38. The van der Waals surface area contributed by atoms with E-state index in [0.717, 1.165) is 14.8 Å². The number of aliphatic hydroxyl groups is 2. The Labute approximate surface area is 258 Å². The fourth-order valence-corrected chi connectivity index (χ4v) is 5.16. The number of nitrogens with zero attached hydrogens (tertiary/aromatic N) is 10. The Balaban J connectivity index is 0.00000118. The van der Waals surface area contributed by atoms with Crippen LogP contribution in [-0.4, -0.2) is 89.8 Å². The van der Waals surface area contributed by atoms with Gasteiger partial charge in [0.15, 0.2) is 29.3 Å². The van der Waals surface area contributed by atoms with E-state index in [9.17, 15) is 10.2 Å². The van der Waals surface area contributed by atoms with Crippen molar-refractivity contribution >= 4 is 52.0 Å². The molecule has 43 heavy (non-hydrogen) atoms. The molecule has 4 aromatic heterocycles. The van der Waals surface area contributed by atoms with Crippen molar-refractivity contribution in [3.8, 4) is 0 Å². The molecule has 4 atom stereocenters. The summed E-state index contributed by atoms with van der Waals surface area (Å²) in [4.78, 5) is 27.9. The van der Waals surface area contributed by atoms with Crippen LogP contribution in [0.2, 0.25) is 0 Å². The van der Waals surface area contributed by atoms with Gasteiger partial charge in [-0.15, -0.1) is 10.2 Å². The minimum absolute atomic E-state index is 0.173. The van der Waals surface area contributed by atoms with E-state index in [2.05, 4.69) is 64.7 Å². The zero-order valence-corrected chi connectivity index (χ0v) is 25.2. The molecular formula is C25H29IN12O5. The van der Waals surface area contributed by atoms with Gasteiger partial charge in [0.05, 0.1) is 25.4 Å². The highest BCUT2D eigenvalue weighted by Crippen LogP contribution is 2.39. The zero-order valence-electron chi connectivity index (χ0n) is 23.1. The van der Waals surface area contributed by atoms with Crippen molar-refractivity contribution in [2.45, 2.75) is 37.5 Å². The molecule has 5 heterocycles. The number of carbonyl (C=O) groups is 1. The van der Waals surface area contributed by atoms with Gasteiger partial charge in [0, 0.05) is 36.3 Å². The lowest BCUT2D eigenvalue weighted by molar-refractivity contribution is -0.122. The number of aryl methyl sites for hydroxylation is 2. The minimum Gasteiger partial charge on any atom is -0.483 e. The molecule has 0 bridgehead atoms. The van der Waals surface area contributed by atoms with Crippen LogP contribution < -0.4 is 10.6 Å². The van der Waals surface area contributed by atoms with Gasteiger partial charge in [0.25, 0.3) is 6.47 Å². The number of benzene rings is 1. The normalized spacial score (nSPS) is 19.7. The van der Waals surface area contributed by atoms with Gasteiger partial charge >= 0.3 is 0 Å². The van der Waals surface area contributed by atoms with E-state index in [0.29, 0.717) is 42.4 Å². The van der Waals surface area contributed by atoms with Crippen molar-refractivity contribution in [2.24, 2.45) is 14.1 Å². The number of rotatable bonds is 9. The molecule has 18 heteroatoms. The smallest absolute Gasteiger partial charge is 0.290 e. The lowest BCUT2D eigenvalue weighted by atomic mass is 10.1. The van der Waals surface area contributed by atoms with Crippen LogP contribution in [0.15, 0.2) is 43.1 Å². The molecule has 0 radical (unpaired) electrons. The maximum Gasteiger partial charge on any atom is 0.290 e. The van der Waals surface area contributed by atoms with E-state index in [-0.39, 0.29) is 12.3 Å². The third-order valence-corrected chi connectivity index (χ3v) is 7.15. The number of hydrogen-bond donors (Lipinski definition) is 5. The van der Waals surface area contributed by atoms with Crippen molar-refractivity contribution in [3.63, 3.8) is 0 Å². The molecule has 1 fully saturated rings. The maximum absolute atomic E-state index is 10.9. The monoisotopic (exact) mass is 704 g/mol. The molecule has 17 nitrogen and oxygen atoms in total. The summed E-state index contributed by atoms with van der Waals surface area (Å²) < 4.78 is 10.6. The van der Waals surface area contributed by atoms with E-state index in [4.69, 9.17) is 24.6 Å². The Morgan fingerprint density at radius 2 is 1.93 bits per heavy atom. The lowest BCUT2D eigenvalue weighted by Gasteiger charge is -2.17. The van der Waals surface area contributed by atoms with Crippen LogP contribution >= 0.6 is 22.6 Å². The van der Waals surface area contributed by atoms with Crippen LogP contribution in [0.3, 0.4) is 0 Å². The first-order valence-corrected chi connectivity index (χ1v) is 14.1. The lowest BCUT2D eigenvalue weighted by Crippen LogP contribution is -2.29. The summed E-state index contributed by atoms with van der Waals surface area (Å²) in [6, 6.07) is 8.15. The molecule has 0 spiro atoms. The third kappa shape index (κ3) is 6.87. The van der Waals surface area contributed by atoms with Crippen LogP contribution in [-0.2, 0) is 36.6 Å². The highest BCUT2D eigenvalue weighted by molar-refractivity contribution is 14.1. The van der Waals surface area contributed by atoms with Crippen LogP contribution in [0.5, 0.6) is 0 Å². The largest absolute Gasteiger partial charge is 0.483 e. The van der Waals surface area contributed by atoms with E-state index in [1.54, 1.807) is 17.9 Å². The highest BCUT2D eigenvalue weighted by Gasteiger charge is 2.47. The Hall–Kier alpha value is -4.27. The van der Waals surface area contributed by atoms with Crippen molar-refractivity contribution < 1.29 is 24.9 Å². The molecule has 0 aliphatic carbocycles. The number of imidazole rings is 2. The first-order chi connectivity index (χ1) is 20.8. The molecule has 1 saturated heterocycles. The summed E-state index contributed by atoms with van der Waals surface area (Å²) in [5, 5.41) is 47.1. The number of tetrazole rings is 1. The Bertz CT molecular complexity index is 1690. The van der Waals surface area contributed by atoms with Gasteiger partial charge < -0.3 is 35.3 Å². The fourth-order valence-electron chi connectivity index (χ4n) is 4.55. The molecule has 226 valence electrons. The van der Waals surface area contributed by atoms with Crippen molar-refractivity contribution in [1.29, 1.82) is 0 Å². The quantitative estimate of drug-likeness (QED) is 0.105. The second kappa shape index (κ2) is 13.4. The predicted octanol–water partition coefficient (Wildman–Crippen LogP) is 0.647. The van der Waals surface area contributed by atoms with Gasteiger partial charge in [-0.2, -0.15) is 14.8 Å². The second-order valence-corrected chi connectivity index (χ2v) is 10.8. The number of fused-ring (bicyclic) bond motifs is 1. The van der Waals surface area contributed by atoms with Gasteiger partial charge in [-0.05, 0) is 45.5 Å². The van der Waals surface area contributed by atoms with Gasteiger partial charge in [-0.1, -0.05) is 12.1 Å². The summed E-state index contributed by atoms with van der Waals surface area (Å²) >= 11 is 2.28. The number of ether oxygens (including phenoxy) is 1. The molecule has 6 rings (SSSR count). The summed E-state index contributed by atoms with van der Waals surface area (Å²) in [6.45, 7) is 0.819. The second-order valence-electron chi connectivity index (χ2n) is 9.58. The van der Waals surface area contributed by atoms with Gasteiger partial charge in [0.1, 0.15) is 12.2 Å². The average Bonchev–Trinajstić information content (AvgIpc) is 3.76. The van der Waals surface area contributed by atoms with Crippen LogP contribution in [0, 0.1) is 3.57 Å². The SMILES string of the molecule is Cn1cnc(CCNc2nc(NCc3cccc(I)c3)c3ncn([C@@H]4O[C@H](c5nnn(C)n5)[C@@H](O)[C@H]4O)c3n2)c1.O=CO. The van der Waals surface area contributed by atoms with E-state index in [1.807, 2.05) is 36.0 Å². The first-order valence-electron chi connectivity index (χ1n) is 13.0. The van der Waals surface area contributed by atoms with Crippen molar-refractivity contribution in [3.05, 3.63) is 63.8 Å². The predicted molar refractivity (Wildman–Crippen MR) is 160 cm³/mol. The number of anilines is 2. The molecule has 1 aliphatic heterocycles. The molecular weight excluding hydrogens is 675 g/mol. The molecule has 1 aromatic carbocycles. The number of halogens is 1. The van der Waals surface area contributed by atoms with E-state index >= 15 is 0 Å². The number of carboxylic acid groups (broad SMARTS) is 1. The van der Waals surface area contributed by atoms with E-state index in [1.165, 1.54) is 11.1 Å². The zero-order chi connectivity index (χ0) is 30.5. The van der Waals surface area contributed by atoms with Gasteiger partial charge in [-0.25, -0.2) is 9.97 Å². The first kappa shape index (κ1) is 30.2. The molecule has 1 aliphatic rings. The van der Waals surface area contributed by atoms with Crippen LogP contribution in [0.4, 0.5) is 11.8 Å². The third-order valence-electron chi connectivity index (χ3n) is 6.48. The minimum atomic E-state index is -1.29. The number of aliphatic hydroxyl groups excluding tert-OH is 2. The Morgan fingerprint density at radius 1 is 1.12 bits per heavy atom. The highest BCUT2D eigenvalue weighted by atomic mass is 127. The van der Waals surface area contributed by atoms with Crippen molar-refractivity contribution in [1.82, 2.24) is 49.3 Å². The maximum atomic E-state index is 10.9. The topological polar surface area (TPSA) is 216 Å². The van der Waals surface area contributed by atoms with Gasteiger partial charge in [-0.3, -0.25) is 9.36 Å². The summed E-state index contributed by atoms with van der Waals surface area (Å²) in [5.74, 6) is 1.06. The van der Waals surface area contributed by atoms with E-state index < -0.39 is 24.5 Å². The molecule has 0 unspecified atom stereocenters. The number of hydrogen-bond acceptors (Lipinski definition) is 13. The molecule has 5 N–H and O–H groups in total. The summed E-state index contributed by atoms with van der Waals surface area (Å²) in [7, 11) is 3.54. The van der Waals surface area contributed by atoms with Crippen LogP contribution in [0.1, 0.15) is 29.4 Å². The number of aromatic nitrogens is 10. The van der Waals surface area contributed by atoms with Gasteiger partial charge in [0.2, 0.25) is 11.8 Å².